The van der Waals surface area contributed by atoms with Crippen LogP contribution in [0.5, 0.6) is 0 Å². The summed E-state index contributed by atoms with van der Waals surface area (Å²) in [6, 6.07) is 0.366. The average molecular weight is 114 g/mol. The number of hydrogen-bond donors (Lipinski definition) is 1. The second-order valence-electron chi connectivity index (χ2n) is 2.05. The summed E-state index contributed by atoms with van der Waals surface area (Å²) in [4.78, 5) is 0. The molecule has 0 fully saturated rings. The third kappa shape index (κ3) is 3.84. The van der Waals surface area contributed by atoms with E-state index >= 15 is 0 Å². The molecule has 0 aromatic heterocycles. The van der Waals surface area contributed by atoms with E-state index in [1.165, 1.54) is 0 Å². The summed E-state index contributed by atoms with van der Waals surface area (Å²) < 4.78 is 0. The minimum absolute atomic E-state index is 0.366. The first-order valence-electron chi connectivity index (χ1n) is 2.73. The fourth-order valence-electron chi connectivity index (χ4n) is 0.460. The Hall–Kier alpha value is -0.340. The maximum absolute atomic E-state index is 3.62. The Morgan fingerprint density at radius 3 is 2.25 bits per heavy atom. The van der Waals surface area contributed by atoms with Crippen molar-refractivity contribution in [2.45, 2.75) is 13.0 Å². The fraction of sp³-hybridized carbons (Fsp3) is 0.667. The Morgan fingerprint density at radius 2 is 2.12 bits per heavy atom. The van der Waals surface area contributed by atoms with Crippen molar-refractivity contribution in [3.8, 4) is 0 Å². The zero-order valence-electron chi connectivity index (χ0n) is 5.81. The van der Waals surface area contributed by atoms with Gasteiger partial charge in [-0.15, -0.1) is 6.58 Å². The van der Waals surface area contributed by atoms with E-state index in [1.54, 1.807) is 0 Å². The van der Waals surface area contributed by atoms with E-state index < -0.39 is 0 Å². The van der Waals surface area contributed by atoms with Crippen LogP contribution in [0.4, 0.5) is 0 Å². The topological polar surface area (TPSA) is 15.3 Å². The largest absolute Gasteiger partial charge is 0.250 e. The molecular formula is C6H14N2. The van der Waals surface area contributed by atoms with Crippen molar-refractivity contribution < 1.29 is 0 Å². The maximum Gasteiger partial charge on any atom is 0.0364 e. The molecular weight excluding hydrogens is 100 g/mol. The van der Waals surface area contributed by atoms with E-state index in [9.17, 15) is 0 Å². The Kier molecular flexibility index (Phi) is 3.48. The van der Waals surface area contributed by atoms with Crippen LogP contribution in [0, 0.1) is 0 Å². The predicted octanol–water partition coefficient (Wildman–Crippen LogP) is 0.627. The van der Waals surface area contributed by atoms with Gasteiger partial charge in [0.15, 0.2) is 0 Å². The highest BCUT2D eigenvalue weighted by molar-refractivity contribution is 4.79. The molecule has 0 saturated heterocycles. The third-order valence-corrected chi connectivity index (χ3v) is 0.815. The van der Waals surface area contributed by atoms with Gasteiger partial charge in [-0.3, -0.25) is 5.01 Å². The third-order valence-electron chi connectivity index (χ3n) is 0.815. The molecule has 0 bridgehead atoms. The quantitative estimate of drug-likeness (QED) is 0.427. The second kappa shape index (κ2) is 3.64. The van der Waals surface area contributed by atoms with Crippen molar-refractivity contribution in [3.05, 3.63) is 12.7 Å². The van der Waals surface area contributed by atoms with Crippen LogP contribution in [0.1, 0.15) is 6.92 Å². The minimum atomic E-state index is 0.366. The highest BCUT2D eigenvalue weighted by atomic mass is 15.5. The van der Waals surface area contributed by atoms with Crippen molar-refractivity contribution in [1.82, 2.24) is 10.4 Å². The minimum Gasteiger partial charge on any atom is -0.250 e. The lowest BCUT2D eigenvalue weighted by molar-refractivity contribution is 0.271. The van der Waals surface area contributed by atoms with Gasteiger partial charge < -0.3 is 0 Å². The normalized spacial score (nSPS) is 14.0. The van der Waals surface area contributed by atoms with Crippen LogP contribution in [0.3, 0.4) is 0 Å². The summed E-state index contributed by atoms with van der Waals surface area (Å²) >= 11 is 0. The molecule has 2 heteroatoms. The number of rotatable bonds is 3. The first-order valence-corrected chi connectivity index (χ1v) is 2.73. The van der Waals surface area contributed by atoms with Crippen LogP contribution in [0.15, 0.2) is 12.7 Å². The molecule has 8 heavy (non-hydrogen) atoms. The summed E-state index contributed by atoms with van der Waals surface area (Å²) in [6.07, 6.45) is 1.86. The number of nitrogens with one attached hydrogen (secondary N) is 1. The zero-order chi connectivity index (χ0) is 6.57. The van der Waals surface area contributed by atoms with Crippen LogP contribution < -0.4 is 5.43 Å². The van der Waals surface area contributed by atoms with E-state index in [4.69, 9.17) is 0 Å². The highest BCUT2D eigenvalue weighted by Gasteiger charge is 1.92. The standard InChI is InChI=1S/C6H14N2/c1-5-6(2)7-8(3)4/h5-7H,1H2,2-4H3. The van der Waals surface area contributed by atoms with Crippen molar-refractivity contribution in [1.29, 1.82) is 0 Å². The molecule has 0 saturated carbocycles. The molecule has 48 valence electrons. The molecule has 0 aliphatic rings. The summed E-state index contributed by atoms with van der Waals surface area (Å²) in [5.74, 6) is 0. The molecule has 0 aromatic rings. The van der Waals surface area contributed by atoms with Crippen LogP contribution in [0.2, 0.25) is 0 Å². The molecule has 1 unspecified atom stereocenters. The highest BCUT2D eigenvalue weighted by Crippen LogP contribution is 1.79. The van der Waals surface area contributed by atoms with Gasteiger partial charge in [-0.1, -0.05) is 6.08 Å². The van der Waals surface area contributed by atoms with Gasteiger partial charge in [0, 0.05) is 20.1 Å². The van der Waals surface area contributed by atoms with E-state index in [2.05, 4.69) is 12.0 Å². The molecule has 1 atom stereocenters. The maximum atomic E-state index is 3.62. The Morgan fingerprint density at radius 1 is 1.62 bits per heavy atom. The van der Waals surface area contributed by atoms with Gasteiger partial charge in [-0.05, 0) is 6.92 Å². The lowest BCUT2D eigenvalue weighted by Gasteiger charge is -2.15. The first-order chi connectivity index (χ1) is 3.66. The second-order valence-corrected chi connectivity index (χ2v) is 2.05. The Bertz CT molecular complexity index is 68.9. The number of hydrazine groups is 1. The summed E-state index contributed by atoms with van der Waals surface area (Å²) in [7, 11) is 3.92. The van der Waals surface area contributed by atoms with Gasteiger partial charge in [0.2, 0.25) is 0 Å². The molecule has 0 aromatic carbocycles. The van der Waals surface area contributed by atoms with Crippen LogP contribution in [-0.2, 0) is 0 Å². The van der Waals surface area contributed by atoms with Gasteiger partial charge in [0.1, 0.15) is 0 Å². The van der Waals surface area contributed by atoms with Crippen molar-refractivity contribution in [3.63, 3.8) is 0 Å². The van der Waals surface area contributed by atoms with E-state index in [0.717, 1.165) is 0 Å². The molecule has 0 amide bonds. The lowest BCUT2D eigenvalue weighted by atomic mass is 10.4. The van der Waals surface area contributed by atoms with Gasteiger partial charge >= 0.3 is 0 Å². The average Bonchev–Trinajstić information content (AvgIpc) is 1.65. The molecule has 2 nitrogen and oxygen atoms in total. The molecule has 0 aliphatic carbocycles. The van der Waals surface area contributed by atoms with Crippen LogP contribution in [0.25, 0.3) is 0 Å². The fourth-order valence-corrected chi connectivity index (χ4v) is 0.460. The zero-order valence-corrected chi connectivity index (χ0v) is 5.81. The van der Waals surface area contributed by atoms with Gasteiger partial charge in [-0.2, -0.15) is 0 Å². The van der Waals surface area contributed by atoms with Gasteiger partial charge in [0.25, 0.3) is 0 Å². The van der Waals surface area contributed by atoms with E-state index in [0.29, 0.717) is 6.04 Å². The molecule has 0 radical (unpaired) electrons. The Labute approximate surface area is 51.2 Å². The van der Waals surface area contributed by atoms with E-state index in [1.807, 2.05) is 32.1 Å². The smallest absolute Gasteiger partial charge is 0.0364 e. The summed E-state index contributed by atoms with van der Waals surface area (Å²) in [6.45, 7) is 5.67. The summed E-state index contributed by atoms with van der Waals surface area (Å²) in [5.41, 5.74) is 3.11. The molecule has 0 spiro atoms. The molecule has 0 aliphatic heterocycles. The van der Waals surface area contributed by atoms with Crippen LogP contribution >= 0.6 is 0 Å². The predicted molar refractivity (Wildman–Crippen MR) is 36.5 cm³/mol. The molecule has 0 heterocycles. The first kappa shape index (κ1) is 7.66. The van der Waals surface area contributed by atoms with Crippen LogP contribution in [-0.4, -0.2) is 25.1 Å². The van der Waals surface area contributed by atoms with Crippen molar-refractivity contribution in [2.24, 2.45) is 0 Å². The van der Waals surface area contributed by atoms with Gasteiger partial charge in [0.05, 0.1) is 0 Å². The van der Waals surface area contributed by atoms with E-state index in [-0.39, 0.29) is 0 Å². The van der Waals surface area contributed by atoms with Gasteiger partial charge in [-0.25, -0.2) is 5.43 Å². The monoisotopic (exact) mass is 114 g/mol. The molecule has 0 rings (SSSR count). The molecule has 1 N–H and O–H groups in total. The van der Waals surface area contributed by atoms with Crippen molar-refractivity contribution >= 4 is 0 Å². The lowest BCUT2D eigenvalue weighted by Crippen LogP contribution is -2.36. The Balaban J connectivity index is 3.23. The van der Waals surface area contributed by atoms with Crippen molar-refractivity contribution in [2.75, 3.05) is 14.1 Å². The SMILES string of the molecule is C=CC(C)NN(C)C. The number of nitrogens with zero attached hydrogens (tertiary/aromatic N) is 1. The summed E-state index contributed by atoms with van der Waals surface area (Å²) in [5, 5.41) is 1.91. The number of hydrogen-bond acceptors (Lipinski definition) is 2.